The Morgan fingerprint density at radius 2 is 1.65 bits per heavy atom. The quantitative estimate of drug-likeness (QED) is 0.860. The molecule has 1 atom stereocenters. The van der Waals surface area contributed by atoms with E-state index in [1.54, 1.807) is 9.80 Å². The van der Waals surface area contributed by atoms with Crippen molar-refractivity contribution in [2.45, 2.75) is 18.9 Å². The zero-order chi connectivity index (χ0) is 15.2. The Morgan fingerprint density at radius 3 is 2.17 bits per heavy atom. The van der Waals surface area contributed by atoms with Crippen LogP contribution in [-0.2, 0) is 11.2 Å². The largest absolute Gasteiger partial charge is 0.339 e. The first-order valence-corrected chi connectivity index (χ1v) is 7.15. The molecule has 0 aliphatic carbocycles. The molecule has 1 aromatic carbocycles. The van der Waals surface area contributed by atoms with Gasteiger partial charge in [-0.1, -0.05) is 30.3 Å². The molecule has 1 aromatic rings. The van der Waals surface area contributed by atoms with Crippen molar-refractivity contribution in [2.75, 3.05) is 32.7 Å². The van der Waals surface area contributed by atoms with Gasteiger partial charge in [0.25, 0.3) is 6.43 Å². The molecule has 23 heavy (non-hydrogen) atoms. The lowest BCUT2D eigenvalue weighted by atomic mass is 10.1. The predicted octanol–water partition coefficient (Wildman–Crippen LogP) is 1.81. The molecule has 0 unspecified atom stereocenters. The molecule has 1 fully saturated rings. The van der Waals surface area contributed by atoms with Gasteiger partial charge in [-0.15, -0.1) is 24.8 Å². The second-order valence-electron chi connectivity index (χ2n) is 5.31. The number of carbonyl (C=O) groups is 1. The summed E-state index contributed by atoms with van der Waals surface area (Å²) in [6, 6.07) is 9.04. The molecular formula is C15H23Cl2F2N3O. The SMILES string of the molecule is Cl.Cl.N[C@@H](Cc1ccccc1)C(=O)N1CCN(CC(F)F)CC1. The van der Waals surface area contributed by atoms with Crippen LogP contribution >= 0.6 is 24.8 Å². The summed E-state index contributed by atoms with van der Waals surface area (Å²) in [6.45, 7) is 1.67. The van der Waals surface area contributed by atoms with Crippen molar-refractivity contribution in [3.05, 3.63) is 35.9 Å². The molecule has 0 spiro atoms. The lowest BCUT2D eigenvalue weighted by molar-refractivity contribution is -0.134. The summed E-state index contributed by atoms with van der Waals surface area (Å²) in [4.78, 5) is 15.6. The van der Waals surface area contributed by atoms with Gasteiger partial charge in [0.2, 0.25) is 5.91 Å². The number of hydrogen-bond donors (Lipinski definition) is 1. The average molecular weight is 370 g/mol. The fourth-order valence-corrected chi connectivity index (χ4v) is 2.54. The van der Waals surface area contributed by atoms with E-state index in [-0.39, 0.29) is 37.3 Å². The lowest BCUT2D eigenvalue weighted by Gasteiger charge is -2.35. The van der Waals surface area contributed by atoms with Crippen molar-refractivity contribution in [1.29, 1.82) is 0 Å². The monoisotopic (exact) mass is 369 g/mol. The van der Waals surface area contributed by atoms with Gasteiger partial charge in [-0.25, -0.2) is 8.78 Å². The number of rotatable bonds is 5. The molecule has 0 radical (unpaired) electrons. The highest BCUT2D eigenvalue weighted by Crippen LogP contribution is 2.08. The number of benzene rings is 1. The molecular weight excluding hydrogens is 347 g/mol. The fourth-order valence-electron chi connectivity index (χ4n) is 2.54. The highest BCUT2D eigenvalue weighted by molar-refractivity contribution is 5.85. The van der Waals surface area contributed by atoms with E-state index < -0.39 is 12.5 Å². The molecule has 2 rings (SSSR count). The molecule has 8 heteroatoms. The van der Waals surface area contributed by atoms with Crippen molar-refractivity contribution >= 4 is 30.7 Å². The standard InChI is InChI=1S/C15H21F2N3O.2ClH/c16-14(17)11-19-6-8-20(9-7-19)15(21)13(18)10-12-4-2-1-3-5-12;;/h1-5,13-14H,6-11,18H2;2*1H/t13-;;/m0../s1. The first-order valence-electron chi connectivity index (χ1n) is 7.15. The van der Waals surface area contributed by atoms with Crippen LogP contribution in [0.2, 0.25) is 0 Å². The van der Waals surface area contributed by atoms with Crippen LogP contribution in [0.5, 0.6) is 0 Å². The summed E-state index contributed by atoms with van der Waals surface area (Å²) < 4.78 is 24.6. The summed E-state index contributed by atoms with van der Waals surface area (Å²) in [7, 11) is 0. The van der Waals surface area contributed by atoms with Gasteiger partial charge in [-0.3, -0.25) is 9.69 Å². The van der Waals surface area contributed by atoms with Crippen LogP contribution in [0.3, 0.4) is 0 Å². The fraction of sp³-hybridized carbons (Fsp3) is 0.533. The molecule has 1 aliphatic rings. The van der Waals surface area contributed by atoms with E-state index in [9.17, 15) is 13.6 Å². The summed E-state index contributed by atoms with van der Waals surface area (Å²) in [5, 5.41) is 0. The van der Waals surface area contributed by atoms with Crippen LogP contribution in [0.1, 0.15) is 5.56 Å². The molecule has 0 bridgehead atoms. The normalized spacial score (nSPS) is 16.4. The summed E-state index contributed by atoms with van der Waals surface area (Å²) in [5.41, 5.74) is 6.99. The van der Waals surface area contributed by atoms with E-state index in [1.165, 1.54) is 0 Å². The van der Waals surface area contributed by atoms with Crippen LogP contribution in [-0.4, -0.2) is 60.9 Å². The molecule has 2 N–H and O–H groups in total. The van der Waals surface area contributed by atoms with Gasteiger partial charge >= 0.3 is 0 Å². The maximum absolute atomic E-state index is 12.3. The van der Waals surface area contributed by atoms with E-state index in [0.717, 1.165) is 5.56 Å². The Bertz CT molecular complexity index is 457. The third-order valence-corrected chi connectivity index (χ3v) is 3.70. The minimum atomic E-state index is -2.33. The number of alkyl halides is 2. The van der Waals surface area contributed by atoms with E-state index in [0.29, 0.717) is 32.6 Å². The van der Waals surface area contributed by atoms with E-state index >= 15 is 0 Å². The van der Waals surface area contributed by atoms with E-state index in [4.69, 9.17) is 5.73 Å². The van der Waals surface area contributed by atoms with Crippen LogP contribution in [0.15, 0.2) is 30.3 Å². The van der Waals surface area contributed by atoms with Gasteiger partial charge in [0.05, 0.1) is 12.6 Å². The Morgan fingerprint density at radius 1 is 1.09 bits per heavy atom. The van der Waals surface area contributed by atoms with Gasteiger partial charge in [0.15, 0.2) is 0 Å². The number of piperazine rings is 1. The van der Waals surface area contributed by atoms with Gasteiger partial charge in [-0.2, -0.15) is 0 Å². The predicted molar refractivity (Wildman–Crippen MR) is 91.6 cm³/mol. The van der Waals surface area contributed by atoms with E-state index in [2.05, 4.69) is 0 Å². The third-order valence-electron chi connectivity index (χ3n) is 3.70. The highest BCUT2D eigenvalue weighted by Gasteiger charge is 2.26. The van der Waals surface area contributed by atoms with Crippen LogP contribution in [0.25, 0.3) is 0 Å². The molecule has 0 aromatic heterocycles. The van der Waals surface area contributed by atoms with Gasteiger partial charge in [0, 0.05) is 26.2 Å². The number of amides is 1. The number of nitrogens with zero attached hydrogens (tertiary/aromatic N) is 2. The van der Waals surface area contributed by atoms with Crippen LogP contribution in [0, 0.1) is 0 Å². The van der Waals surface area contributed by atoms with Crippen molar-refractivity contribution < 1.29 is 13.6 Å². The second-order valence-corrected chi connectivity index (χ2v) is 5.31. The molecule has 0 saturated carbocycles. The molecule has 4 nitrogen and oxygen atoms in total. The zero-order valence-electron chi connectivity index (χ0n) is 12.7. The molecule has 1 aliphatic heterocycles. The average Bonchev–Trinajstić information content (AvgIpc) is 2.47. The number of halogens is 4. The maximum atomic E-state index is 12.3. The Balaban J connectivity index is 0.00000242. The second kappa shape index (κ2) is 10.8. The summed E-state index contributed by atoms with van der Waals surface area (Å²) in [5.74, 6) is -0.101. The summed E-state index contributed by atoms with van der Waals surface area (Å²) in [6.07, 6.45) is -1.83. The van der Waals surface area contributed by atoms with Crippen molar-refractivity contribution in [3.8, 4) is 0 Å². The van der Waals surface area contributed by atoms with Crippen LogP contribution in [0.4, 0.5) is 8.78 Å². The highest BCUT2D eigenvalue weighted by atomic mass is 35.5. The van der Waals surface area contributed by atoms with Crippen LogP contribution < -0.4 is 5.73 Å². The van der Waals surface area contributed by atoms with Gasteiger partial charge < -0.3 is 10.6 Å². The Kier molecular flexibility index (Phi) is 10.3. The van der Waals surface area contributed by atoms with Crippen molar-refractivity contribution in [1.82, 2.24) is 9.80 Å². The van der Waals surface area contributed by atoms with Gasteiger partial charge in [-0.05, 0) is 12.0 Å². The summed E-state index contributed by atoms with van der Waals surface area (Å²) >= 11 is 0. The molecule has 1 heterocycles. The zero-order valence-corrected chi connectivity index (χ0v) is 14.4. The topological polar surface area (TPSA) is 49.6 Å². The minimum absolute atomic E-state index is 0. The number of carbonyl (C=O) groups excluding carboxylic acids is 1. The molecule has 1 amide bonds. The number of hydrogen-bond acceptors (Lipinski definition) is 3. The minimum Gasteiger partial charge on any atom is -0.339 e. The smallest absolute Gasteiger partial charge is 0.251 e. The van der Waals surface area contributed by atoms with E-state index in [1.807, 2.05) is 30.3 Å². The molecule has 132 valence electrons. The first kappa shape index (κ1) is 22.1. The first-order chi connectivity index (χ1) is 10.1. The molecule has 1 saturated heterocycles. The number of nitrogens with two attached hydrogens (primary N) is 1. The lowest BCUT2D eigenvalue weighted by Crippen LogP contribution is -2.54. The van der Waals surface area contributed by atoms with Crippen molar-refractivity contribution in [3.63, 3.8) is 0 Å². The maximum Gasteiger partial charge on any atom is 0.251 e. The Hall–Kier alpha value is -0.950. The third kappa shape index (κ3) is 6.99. The van der Waals surface area contributed by atoms with Gasteiger partial charge in [0.1, 0.15) is 0 Å². The Labute approximate surface area is 147 Å². The van der Waals surface area contributed by atoms with Crippen molar-refractivity contribution in [2.24, 2.45) is 5.73 Å².